The molecule has 0 spiro atoms. The zero-order valence-corrected chi connectivity index (χ0v) is 19.0. The average Bonchev–Trinajstić information content (AvgIpc) is 2.74. The zero-order chi connectivity index (χ0) is 22.4. The Bertz CT molecular complexity index is 1090. The monoisotopic (exact) mass is 436 g/mol. The fraction of sp³-hybridized carbons (Fsp3) is 0.240. The van der Waals surface area contributed by atoms with Crippen LogP contribution in [-0.2, 0) is 27.9 Å². The summed E-state index contributed by atoms with van der Waals surface area (Å²) in [6.07, 6.45) is 1.14. The Hall–Kier alpha value is -3.12. The number of amides is 1. The second-order valence-electron chi connectivity index (χ2n) is 7.71. The lowest BCUT2D eigenvalue weighted by atomic mass is 10.1. The van der Waals surface area contributed by atoms with Crippen LogP contribution in [0.25, 0.3) is 0 Å². The fourth-order valence-corrected chi connectivity index (χ4v) is 4.35. The van der Waals surface area contributed by atoms with Gasteiger partial charge in [-0.25, -0.2) is 8.42 Å². The van der Waals surface area contributed by atoms with Crippen LogP contribution in [0.2, 0.25) is 0 Å². The molecule has 0 bridgehead atoms. The van der Waals surface area contributed by atoms with Gasteiger partial charge in [0.25, 0.3) is 0 Å². The first kappa shape index (κ1) is 22.6. The first-order chi connectivity index (χ1) is 14.8. The Morgan fingerprint density at radius 1 is 0.774 bits per heavy atom. The van der Waals surface area contributed by atoms with E-state index in [2.05, 4.69) is 0 Å². The van der Waals surface area contributed by atoms with Crippen LogP contribution in [0.3, 0.4) is 0 Å². The molecule has 3 aromatic rings. The third-order valence-corrected chi connectivity index (χ3v) is 6.44. The number of rotatable bonds is 8. The fourth-order valence-electron chi connectivity index (χ4n) is 3.45. The van der Waals surface area contributed by atoms with E-state index >= 15 is 0 Å². The van der Waals surface area contributed by atoms with Gasteiger partial charge in [-0.05, 0) is 42.2 Å². The van der Waals surface area contributed by atoms with Crippen molar-refractivity contribution in [2.24, 2.45) is 0 Å². The minimum atomic E-state index is -3.65. The summed E-state index contributed by atoms with van der Waals surface area (Å²) in [7, 11) is -3.65. The van der Waals surface area contributed by atoms with Gasteiger partial charge in [0.2, 0.25) is 15.9 Å². The molecule has 3 rings (SSSR count). The summed E-state index contributed by atoms with van der Waals surface area (Å²) in [5.74, 6) is -0.251. The molecular formula is C25H28N2O3S. The van der Waals surface area contributed by atoms with Gasteiger partial charge >= 0.3 is 0 Å². The normalized spacial score (nSPS) is 11.2. The van der Waals surface area contributed by atoms with E-state index in [9.17, 15) is 13.2 Å². The number of hydrogen-bond donors (Lipinski definition) is 0. The van der Waals surface area contributed by atoms with E-state index < -0.39 is 10.0 Å². The minimum absolute atomic E-state index is 0.247. The van der Waals surface area contributed by atoms with E-state index in [4.69, 9.17) is 0 Å². The third-order valence-electron chi connectivity index (χ3n) is 5.31. The van der Waals surface area contributed by atoms with Crippen LogP contribution in [0.4, 0.5) is 5.69 Å². The quantitative estimate of drug-likeness (QED) is 0.529. The van der Waals surface area contributed by atoms with Crippen LogP contribution in [-0.4, -0.2) is 32.0 Å². The first-order valence-corrected chi connectivity index (χ1v) is 12.0. The summed E-state index contributed by atoms with van der Waals surface area (Å²) in [5.41, 5.74) is 4.34. The number of carbonyl (C=O) groups excluding carboxylic acids is 1. The van der Waals surface area contributed by atoms with E-state index in [-0.39, 0.29) is 12.5 Å². The number of hydrogen-bond acceptors (Lipinski definition) is 3. The predicted octanol–water partition coefficient (Wildman–Crippen LogP) is 4.30. The lowest BCUT2D eigenvalue weighted by Gasteiger charge is -2.29. The van der Waals surface area contributed by atoms with Crippen LogP contribution >= 0.6 is 0 Å². The van der Waals surface area contributed by atoms with Crippen molar-refractivity contribution in [2.75, 3.05) is 17.1 Å². The summed E-state index contributed by atoms with van der Waals surface area (Å²) >= 11 is 0. The molecule has 3 aromatic carbocycles. The molecule has 0 radical (unpaired) electrons. The highest BCUT2D eigenvalue weighted by atomic mass is 32.2. The topological polar surface area (TPSA) is 57.7 Å². The number of benzene rings is 3. The van der Waals surface area contributed by atoms with Crippen LogP contribution < -0.4 is 4.31 Å². The van der Waals surface area contributed by atoms with Gasteiger partial charge in [-0.1, -0.05) is 72.8 Å². The summed E-state index contributed by atoms with van der Waals surface area (Å²) in [4.78, 5) is 15.1. The van der Waals surface area contributed by atoms with Gasteiger partial charge in [-0.15, -0.1) is 0 Å². The Morgan fingerprint density at radius 2 is 1.29 bits per heavy atom. The summed E-state index contributed by atoms with van der Waals surface area (Å²) in [6, 6.07) is 24.9. The van der Waals surface area contributed by atoms with Gasteiger partial charge in [0, 0.05) is 13.1 Å². The number of aryl methyl sites for hydroxylation is 1. The van der Waals surface area contributed by atoms with Crippen LogP contribution in [0.5, 0.6) is 0 Å². The molecule has 162 valence electrons. The average molecular weight is 437 g/mol. The maximum Gasteiger partial charge on any atom is 0.243 e. The number of carbonyl (C=O) groups is 1. The highest BCUT2D eigenvalue weighted by molar-refractivity contribution is 7.92. The van der Waals surface area contributed by atoms with E-state index in [0.717, 1.165) is 28.5 Å². The first-order valence-electron chi connectivity index (χ1n) is 10.2. The molecule has 31 heavy (non-hydrogen) atoms. The largest absolute Gasteiger partial charge is 0.332 e. The Kier molecular flexibility index (Phi) is 7.13. The summed E-state index contributed by atoms with van der Waals surface area (Å²) < 4.78 is 26.5. The van der Waals surface area contributed by atoms with Gasteiger partial charge in [-0.2, -0.15) is 0 Å². The molecule has 0 N–H and O–H groups in total. The lowest BCUT2D eigenvalue weighted by molar-refractivity contribution is -0.130. The number of anilines is 1. The summed E-state index contributed by atoms with van der Waals surface area (Å²) in [5, 5.41) is 0. The lowest BCUT2D eigenvalue weighted by Crippen LogP contribution is -2.42. The molecule has 0 atom stereocenters. The van der Waals surface area contributed by atoms with Crippen molar-refractivity contribution in [1.29, 1.82) is 0 Å². The van der Waals surface area contributed by atoms with E-state index in [0.29, 0.717) is 18.8 Å². The second kappa shape index (κ2) is 9.79. The number of sulfonamides is 1. The van der Waals surface area contributed by atoms with Gasteiger partial charge in [0.15, 0.2) is 0 Å². The molecule has 0 saturated heterocycles. The van der Waals surface area contributed by atoms with Crippen molar-refractivity contribution < 1.29 is 13.2 Å². The molecule has 0 heterocycles. The SMILES string of the molecule is Cc1cccc(N(CC(=O)N(Cc2ccccc2)Cc2ccccc2)S(C)(=O)=O)c1C. The van der Waals surface area contributed by atoms with E-state index in [1.165, 1.54) is 4.31 Å². The summed E-state index contributed by atoms with van der Waals surface area (Å²) in [6.45, 7) is 4.36. The maximum absolute atomic E-state index is 13.4. The highest BCUT2D eigenvalue weighted by Crippen LogP contribution is 2.25. The van der Waals surface area contributed by atoms with Crippen LogP contribution in [0.1, 0.15) is 22.3 Å². The molecule has 0 saturated carbocycles. The Morgan fingerprint density at radius 3 is 1.77 bits per heavy atom. The van der Waals surface area contributed by atoms with Crippen LogP contribution in [0.15, 0.2) is 78.9 Å². The van der Waals surface area contributed by atoms with Crippen molar-refractivity contribution >= 4 is 21.6 Å². The molecule has 0 aliphatic heterocycles. The molecule has 0 unspecified atom stereocenters. The molecular weight excluding hydrogens is 408 g/mol. The van der Waals surface area contributed by atoms with Crippen LogP contribution in [0, 0.1) is 13.8 Å². The van der Waals surface area contributed by atoms with Crippen molar-refractivity contribution in [3.63, 3.8) is 0 Å². The number of nitrogens with zero attached hydrogens (tertiary/aromatic N) is 2. The van der Waals surface area contributed by atoms with Gasteiger partial charge in [-0.3, -0.25) is 9.10 Å². The third kappa shape index (κ3) is 5.95. The van der Waals surface area contributed by atoms with Crippen molar-refractivity contribution in [2.45, 2.75) is 26.9 Å². The zero-order valence-electron chi connectivity index (χ0n) is 18.2. The molecule has 6 heteroatoms. The van der Waals surface area contributed by atoms with Gasteiger partial charge in [0.05, 0.1) is 11.9 Å². The Balaban J connectivity index is 1.92. The molecule has 0 aromatic heterocycles. The van der Waals surface area contributed by atoms with Crippen molar-refractivity contribution in [1.82, 2.24) is 4.90 Å². The predicted molar refractivity (Wildman–Crippen MR) is 125 cm³/mol. The minimum Gasteiger partial charge on any atom is -0.332 e. The van der Waals surface area contributed by atoms with Crippen molar-refractivity contribution in [3.05, 3.63) is 101 Å². The highest BCUT2D eigenvalue weighted by Gasteiger charge is 2.25. The Labute approximate surface area is 185 Å². The van der Waals surface area contributed by atoms with Gasteiger partial charge < -0.3 is 4.90 Å². The van der Waals surface area contributed by atoms with E-state index in [1.54, 1.807) is 11.0 Å². The molecule has 5 nitrogen and oxygen atoms in total. The maximum atomic E-state index is 13.4. The molecule has 0 aliphatic rings. The molecule has 0 aliphatic carbocycles. The molecule has 0 fully saturated rings. The van der Waals surface area contributed by atoms with Crippen molar-refractivity contribution in [3.8, 4) is 0 Å². The second-order valence-corrected chi connectivity index (χ2v) is 9.62. The molecule has 1 amide bonds. The standard InChI is InChI=1S/C25H28N2O3S/c1-20-11-10-16-24(21(20)2)27(31(3,29)30)19-25(28)26(17-22-12-6-4-7-13-22)18-23-14-8-5-9-15-23/h4-16H,17-19H2,1-3H3. The van der Waals surface area contributed by atoms with Gasteiger partial charge in [0.1, 0.15) is 6.54 Å². The van der Waals surface area contributed by atoms with E-state index in [1.807, 2.05) is 86.6 Å². The smallest absolute Gasteiger partial charge is 0.243 e.